The first-order valence-electron chi connectivity index (χ1n) is 10.1. The molecule has 0 unspecified atom stereocenters. The number of nitrogens with zero attached hydrogens (tertiary/aromatic N) is 2. The Morgan fingerprint density at radius 1 is 1.14 bits per heavy atom. The molecule has 0 saturated carbocycles. The highest BCUT2D eigenvalue weighted by atomic mass is 32.2. The van der Waals surface area contributed by atoms with Crippen LogP contribution in [0, 0.1) is 0 Å². The summed E-state index contributed by atoms with van der Waals surface area (Å²) in [5, 5.41) is 14.1. The van der Waals surface area contributed by atoms with Crippen molar-refractivity contribution in [3.63, 3.8) is 0 Å². The molecule has 0 radical (unpaired) electrons. The summed E-state index contributed by atoms with van der Waals surface area (Å²) in [5.41, 5.74) is -0.873. The largest absolute Gasteiger partial charge is 0.389 e. The van der Waals surface area contributed by atoms with E-state index < -0.39 is 15.6 Å². The van der Waals surface area contributed by atoms with Gasteiger partial charge in [0, 0.05) is 45.7 Å². The molecule has 28 heavy (non-hydrogen) atoms. The van der Waals surface area contributed by atoms with Crippen LogP contribution in [0.25, 0.3) is 0 Å². The Labute approximate surface area is 167 Å². The maximum Gasteiger partial charge on any atom is 0.243 e. The number of aliphatic hydroxyl groups is 1. The van der Waals surface area contributed by atoms with E-state index in [2.05, 4.69) is 10.2 Å². The van der Waals surface area contributed by atoms with E-state index in [9.17, 15) is 18.3 Å². The maximum atomic E-state index is 12.9. The fraction of sp³-hybridized carbons (Fsp3) is 0.650. The average Bonchev–Trinajstić information content (AvgIpc) is 2.86. The number of amides is 1. The van der Waals surface area contributed by atoms with Gasteiger partial charge in [-0.05, 0) is 44.2 Å². The summed E-state index contributed by atoms with van der Waals surface area (Å²) < 4.78 is 27.2. The Morgan fingerprint density at radius 3 is 2.46 bits per heavy atom. The first-order chi connectivity index (χ1) is 13.3. The number of hydrogen-bond donors (Lipinski definition) is 2. The molecule has 2 aliphatic heterocycles. The van der Waals surface area contributed by atoms with E-state index in [1.54, 1.807) is 30.3 Å². The third-order valence-electron chi connectivity index (χ3n) is 5.77. The first-order valence-corrected chi connectivity index (χ1v) is 11.5. The van der Waals surface area contributed by atoms with E-state index in [1.165, 1.54) is 11.2 Å². The number of rotatable bonds is 5. The Hall–Kier alpha value is -1.48. The number of likely N-dealkylation sites (tertiary alicyclic amines) is 1. The summed E-state index contributed by atoms with van der Waals surface area (Å²) in [5.74, 6) is 0.000522. The lowest BCUT2D eigenvalue weighted by molar-refractivity contribution is -0.120. The van der Waals surface area contributed by atoms with Crippen molar-refractivity contribution in [3.05, 3.63) is 30.3 Å². The van der Waals surface area contributed by atoms with Crippen LogP contribution in [0.5, 0.6) is 0 Å². The van der Waals surface area contributed by atoms with E-state index in [1.807, 2.05) is 0 Å². The van der Waals surface area contributed by atoms with Crippen LogP contribution in [0.2, 0.25) is 0 Å². The lowest BCUT2D eigenvalue weighted by atomic mass is 9.93. The molecule has 156 valence electrons. The van der Waals surface area contributed by atoms with Crippen LogP contribution in [0.3, 0.4) is 0 Å². The zero-order valence-corrected chi connectivity index (χ0v) is 17.3. The van der Waals surface area contributed by atoms with Gasteiger partial charge in [-0.1, -0.05) is 18.2 Å². The molecule has 1 atom stereocenters. The zero-order chi connectivity index (χ0) is 20.2. The van der Waals surface area contributed by atoms with Crippen molar-refractivity contribution < 1.29 is 18.3 Å². The highest BCUT2D eigenvalue weighted by molar-refractivity contribution is 7.89. The van der Waals surface area contributed by atoms with Gasteiger partial charge in [-0.15, -0.1) is 0 Å². The van der Waals surface area contributed by atoms with Crippen molar-refractivity contribution in [2.45, 2.75) is 55.6 Å². The number of β-amino-alcohol motifs (C(OH)–C–C–N with tert-alkyl or cyclic N) is 1. The van der Waals surface area contributed by atoms with Crippen LogP contribution >= 0.6 is 0 Å². The van der Waals surface area contributed by atoms with Gasteiger partial charge in [0.15, 0.2) is 0 Å². The number of carbonyl (C=O) groups is 1. The number of piperidine rings is 1. The Morgan fingerprint density at radius 2 is 1.82 bits per heavy atom. The molecule has 0 aromatic heterocycles. The van der Waals surface area contributed by atoms with Crippen LogP contribution in [0.15, 0.2) is 35.2 Å². The highest BCUT2D eigenvalue weighted by Gasteiger charge is 2.36. The quantitative estimate of drug-likeness (QED) is 0.763. The lowest BCUT2D eigenvalue weighted by Crippen LogP contribution is -2.50. The highest BCUT2D eigenvalue weighted by Crippen LogP contribution is 2.28. The van der Waals surface area contributed by atoms with E-state index in [-0.39, 0.29) is 11.9 Å². The molecular weight excluding hydrogens is 378 g/mol. The zero-order valence-electron chi connectivity index (χ0n) is 16.5. The second kappa shape index (κ2) is 8.90. The van der Waals surface area contributed by atoms with Crippen LogP contribution in [-0.2, 0) is 14.8 Å². The van der Waals surface area contributed by atoms with Gasteiger partial charge in [0.05, 0.1) is 10.5 Å². The maximum absolute atomic E-state index is 12.9. The van der Waals surface area contributed by atoms with E-state index in [4.69, 9.17) is 0 Å². The summed E-state index contributed by atoms with van der Waals surface area (Å²) in [6.45, 7) is 4.52. The van der Waals surface area contributed by atoms with Crippen LogP contribution in [0.1, 0.15) is 39.0 Å². The summed E-state index contributed by atoms with van der Waals surface area (Å²) >= 11 is 0. The minimum absolute atomic E-state index is 0.000522. The summed E-state index contributed by atoms with van der Waals surface area (Å²) in [6, 6.07) is 8.70. The third-order valence-corrected chi connectivity index (χ3v) is 7.68. The Kier molecular flexibility index (Phi) is 6.75. The van der Waals surface area contributed by atoms with Gasteiger partial charge in [0.25, 0.3) is 0 Å². The molecule has 2 saturated heterocycles. The van der Waals surface area contributed by atoms with Gasteiger partial charge in [0.2, 0.25) is 15.9 Å². The van der Waals surface area contributed by atoms with Gasteiger partial charge >= 0.3 is 0 Å². The summed E-state index contributed by atoms with van der Waals surface area (Å²) in [7, 11) is -3.52. The number of nitrogens with one attached hydrogen (secondary N) is 1. The predicted octanol–water partition coefficient (Wildman–Crippen LogP) is 1.19. The van der Waals surface area contributed by atoms with Crippen LogP contribution in [0.4, 0.5) is 0 Å². The molecular formula is C20H31N3O4S. The smallest absolute Gasteiger partial charge is 0.243 e. The fourth-order valence-electron chi connectivity index (χ4n) is 4.23. The van der Waals surface area contributed by atoms with Gasteiger partial charge in [-0.2, -0.15) is 4.31 Å². The van der Waals surface area contributed by atoms with Gasteiger partial charge in [-0.25, -0.2) is 8.42 Å². The van der Waals surface area contributed by atoms with Crippen LogP contribution < -0.4 is 5.32 Å². The molecule has 8 heteroatoms. The molecule has 2 fully saturated rings. The van der Waals surface area contributed by atoms with E-state index in [0.29, 0.717) is 43.8 Å². The predicted molar refractivity (Wildman–Crippen MR) is 107 cm³/mol. The Bertz CT molecular complexity index is 763. The van der Waals surface area contributed by atoms with Gasteiger partial charge < -0.3 is 15.3 Å². The molecule has 2 N–H and O–H groups in total. The second-order valence-electron chi connectivity index (χ2n) is 8.05. The summed E-state index contributed by atoms with van der Waals surface area (Å²) in [4.78, 5) is 13.7. The SMILES string of the molecule is CC(=O)NC1CCN(C[C@@]2(O)CCCN(S(=O)(=O)c3ccccc3)CC2)CC1. The molecule has 1 aromatic rings. The normalized spacial score (nSPS) is 25.9. The molecule has 1 aromatic carbocycles. The molecule has 2 heterocycles. The standard InChI is InChI=1S/C20H31N3O4S/c1-17(24)21-18-8-13-22(14-9-18)16-20(25)10-5-12-23(15-11-20)28(26,27)19-6-3-2-4-7-19/h2-4,6-7,18,25H,5,8-16H2,1H3,(H,21,24)/t20-/m1/s1. The van der Waals surface area contributed by atoms with Crippen LogP contribution in [-0.4, -0.2) is 73.0 Å². The van der Waals surface area contributed by atoms with Crippen molar-refractivity contribution in [1.29, 1.82) is 0 Å². The number of benzene rings is 1. The monoisotopic (exact) mass is 409 g/mol. The Balaban J connectivity index is 1.56. The third kappa shape index (κ3) is 5.31. The molecule has 1 amide bonds. The fourth-order valence-corrected chi connectivity index (χ4v) is 5.73. The number of hydrogen-bond acceptors (Lipinski definition) is 5. The number of sulfonamides is 1. The molecule has 0 bridgehead atoms. The topological polar surface area (TPSA) is 90.0 Å². The second-order valence-corrected chi connectivity index (χ2v) is 9.98. The van der Waals surface area contributed by atoms with Crippen molar-refractivity contribution in [2.24, 2.45) is 0 Å². The van der Waals surface area contributed by atoms with E-state index in [0.717, 1.165) is 25.9 Å². The van der Waals surface area contributed by atoms with Crippen molar-refractivity contribution >= 4 is 15.9 Å². The summed E-state index contributed by atoms with van der Waals surface area (Å²) in [6.07, 6.45) is 3.43. The molecule has 0 aliphatic carbocycles. The van der Waals surface area contributed by atoms with Gasteiger partial charge in [-0.3, -0.25) is 4.79 Å². The van der Waals surface area contributed by atoms with E-state index >= 15 is 0 Å². The van der Waals surface area contributed by atoms with Crippen molar-refractivity contribution in [3.8, 4) is 0 Å². The average molecular weight is 410 g/mol. The molecule has 2 aliphatic rings. The van der Waals surface area contributed by atoms with Gasteiger partial charge in [0.1, 0.15) is 0 Å². The molecule has 3 rings (SSSR count). The minimum atomic E-state index is -3.52. The van der Waals surface area contributed by atoms with Crippen molar-refractivity contribution in [2.75, 3.05) is 32.7 Å². The minimum Gasteiger partial charge on any atom is -0.389 e. The molecule has 0 spiro atoms. The molecule has 7 nitrogen and oxygen atoms in total. The van der Waals surface area contributed by atoms with Crippen molar-refractivity contribution in [1.82, 2.24) is 14.5 Å². The lowest BCUT2D eigenvalue weighted by Gasteiger charge is -2.38. The number of carbonyl (C=O) groups excluding carboxylic acids is 1. The first kappa shape index (κ1) is 21.2.